The molecule has 1 aromatic heterocycles. The number of rotatable bonds is 2. The van der Waals surface area contributed by atoms with E-state index in [1.54, 1.807) is 10.8 Å². The molecule has 0 radical (unpaired) electrons. The lowest BCUT2D eigenvalue weighted by Crippen LogP contribution is -2.03. The number of fused-ring (bicyclic) bond motifs is 1. The van der Waals surface area contributed by atoms with E-state index in [-0.39, 0.29) is 12.1 Å². The molecule has 2 aromatic carbocycles. The lowest BCUT2D eigenvalue weighted by molar-refractivity contribution is 0.439. The van der Waals surface area contributed by atoms with Gasteiger partial charge in [0.2, 0.25) is 0 Å². The van der Waals surface area contributed by atoms with Crippen LogP contribution in [0.5, 0.6) is 0 Å². The number of hydrogen-bond acceptors (Lipinski definition) is 0. The van der Waals surface area contributed by atoms with E-state index in [0.717, 1.165) is 17.0 Å². The van der Waals surface area contributed by atoms with Gasteiger partial charge in [-0.05, 0) is 23.6 Å². The Bertz CT molecular complexity index is 746. The Kier molecular flexibility index (Phi) is 2.78. The van der Waals surface area contributed by atoms with Crippen LogP contribution in [-0.4, -0.2) is 4.57 Å². The molecule has 0 fully saturated rings. The zero-order valence-corrected chi connectivity index (χ0v) is 9.91. The first-order valence-corrected chi connectivity index (χ1v) is 5.83. The smallest absolute Gasteiger partial charge is 0.194 e. The van der Waals surface area contributed by atoms with Crippen LogP contribution in [0.25, 0.3) is 10.9 Å². The highest BCUT2D eigenvalue weighted by Crippen LogP contribution is 2.20. The van der Waals surface area contributed by atoms with Crippen LogP contribution in [0.4, 0.5) is 13.2 Å². The highest BCUT2D eigenvalue weighted by molar-refractivity contribution is 5.80. The van der Waals surface area contributed by atoms with Gasteiger partial charge in [-0.15, -0.1) is 0 Å². The van der Waals surface area contributed by atoms with Gasteiger partial charge in [0.1, 0.15) is 0 Å². The van der Waals surface area contributed by atoms with E-state index in [9.17, 15) is 13.2 Å². The summed E-state index contributed by atoms with van der Waals surface area (Å²) >= 11 is 0. The third kappa shape index (κ3) is 1.99. The van der Waals surface area contributed by atoms with Gasteiger partial charge < -0.3 is 4.57 Å². The second kappa shape index (κ2) is 4.46. The van der Waals surface area contributed by atoms with E-state index >= 15 is 0 Å². The summed E-state index contributed by atoms with van der Waals surface area (Å²) in [5, 5.41) is 1.02. The molecule has 3 rings (SSSR count). The van der Waals surface area contributed by atoms with Crippen LogP contribution in [0.2, 0.25) is 0 Å². The van der Waals surface area contributed by atoms with E-state index in [1.807, 2.05) is 30.3 Å². The molecule has 1 heterocycles. The predicted molar refractivity (Wildman–Crippen MR) is 67.4 cm³/mol. The Morgan fingerprint density at radius 3 is 2.47 bits per heavy atom. The van der Waals surface area contributed by atoms with Crippen molar-refractivity contribution in [2.45, 2.75) is 6.54 Å². The molecule has 0 saturated carbocycles. The first-order chi connectivity index (χ1) is 9.16. The van der Waals surface area contributed by atoms with Crippen molar-refractivity contribution in [2.24, 2.45) is 0 Å². The Morgan fingerprint density at radius 2 is 1.63 bits per heavy atom. The highest BCUT2D eigenvalue weighted by Gasteiger charge is 2.13. The summed E-state index contributed by atoms with van der Waals surface area (Å²) in [5.74, 6) is -3.72. The van der Waals surface area contributed by atoms with Crippen LogP contribution in [0.3, 0.4) is 0 Å². The van der Waals surface area contributed by atoms with Gasteiger partial charge in [-0.1, -0.05) is 24.3 Å². The molecule has 1 nitrogen and oxygen atoms in total. The van der Waals surface area contributed by atoms with Crippen molar-refractivity contribution in [3.05, 3.63) is 71.7 Å². The molecule has 0 spiro atoms. The summed E-state index contributed by atoms with van der Waals surface area (Å²) in [6.07, 6.45) is 1.80. The van der Waals surface area contributed by atoms with Crippen LogP contribution < -0.4 is 0 Å². The molecule has 0 aliphatic carbocycles. The molecule has 0 N–H and O–H groups in total. The Morgan fingerprint density at radius 1 is 0.842 bits per heavy atom. The molecular weight excluding hydrogens is 251 g/mol. The molecule has 96 valence electrons. The number of aromatic nitrogens is 1. The Labute approximate surface area is 107 Å². The molecule has 0 aliphatic heterocycles. The number of benzene rings is 2. The summed E-state index contributed by atoms with van der Waals surface area (Å²) in [6.45, 7) is 0.163. The van der Waals surface area contributed by atoms with Crippen molar-refractivity contribution < 1.29 is 13.2 Å². The number of nitrogens with zero attached hydrogens (tertiary/aromatic N) is 1. The summed E-state index contributed by atoms with van der Waals surface area (Å²) in [5.41, 5.74) is 1.05. The van der Waals surface area contributed by atoms with Gasteiger partial charge in [0.15, 0.2) is 17.5 Å². The van der Waals surface area contributed by atoms with Crippen LogP contribution in [-0.2, 0) is 6.54 Å². The van der Waals surface area contributed by atoms with Gasteiger partial charge in [0, 0.05) is 17.3 Å². The fraction of sp³-hybridized carbons (Fsp3) is 0.0667. The third-order valence-corrected chi connectivity index (χ3v) is 3.14. The van der Waals surface area contributed by atoms with E-state index < -0.39 is 17.5 Å². The van der Waals surface area contributed by atoms with Crippen LogP contribution >= 0.6 is 0 Å². The molecule has 19 heavy (non-hydrogen) atoms. The summed E-state index contributed by atoms with van der Waals surface area (Å²) in [6, 6.07) is 11.7. The minimum absolute atomic E-state index is 0.125. The molecular formula is C15H10F3N. The van der Waals surface area contributed by atoms with Gasteiger partial charge in [0.25, 0.3) is 0 Å². The second-order valence-electron chi connectivity index (χ2n) is 4.34. The van der Waals surface area contributed by atoms with Crippen molar-refractivity contribution in [1.29, 1.82) is 0 Å². The first-order valence-electron chi connectivity index (χ1n) is 5.83. The fourth-order valence-electron chi connectivity index (χ4n) is 2.15. The van der Waals surface area contributed by atoms with Gasteiger partial charge in [-0.2, -0.15) is 0 Å². The second-order valence-corrected chi connectivity index (χ2v) is 4.34. The van der Waals surface area contributed by atoms with Crippen LogP contribution in [0.15, 0.2) is 48.7 Å². The lowest BCUT2D eigenvalue weighted by Gasteiger charge is -2.07. The molecule has 0 unspecified atom stereocenters. The average Bonchev–Trinajstić information content (AvgIpc) is 2.83. The van der Waals surface area contributed by atoms with Gasteiger partial charge in [-0.25, -0.2) is 13.2 Å². The Balaban J connectivity index is 2.04. The minimum atomic E-state index is -1.42. The summed E-state index contributed by atoms with van der Waals surface area (Å²) in [7, 11) is 0. The van der Waals surface area contributed by atoms with Crippen LogP contribution in [0, 0.1) is 17.5 Å². The zero-order valence-electron chi connectivity index (χ0n) is 9.91. The third-order valence-electron chi connectivity index (χ3n) is 3.14. The van der Waals surface area contributed by atoms with Gasteiger partial charge >= 0.3 is 0 Å². The maximum atomic E-state index is 13.6. The number of hydrogen-bond donors (Lipinski definition) is 0. The maximum Gasteiger partial charge on any atom is 0.194 e. The van der Waals surface area contributed by atoms with Crippen molar-refractivity contribution >= 4 is 10.9 Å². The normalized spacial score (nSPS) is 11.1. The largest absolute Gasteiger partial charge is 0.343 e. The molecule has 0 atom stereocenters. The van der Waals surface area contributed by atoms with E-state index in [2.05, 4.69) is 0 Å². The lowest BCUT2D eigenvalue weighted by atomic mass is 10.2. The SMILES string of the molecule is Fc1ccc(Cn2ccc3ccccc32)c(F)c1F. The van der Waals surface area contributed by atoms with E-state index in [1.165, 1.54) is 6.07 Å². The average molecular weight is 261 g/mol. The van der Waals surface area contributed by atoms with E-state index in [4.69, 9.17) is 0 Å². The molecule has 0 saturated heterocycles. The van der Waals surface area contributed by atoms with Crippen molar-refractivity contribution in [1.82, 2.24) is 4.57 Å². The van der Waals surface area contributed by atoms with Crippen molar-refractivity contribution in [3.8, 4) is 0 Å². The Hall–Kier alpha value is -2.23. The molecule has 4 heteroatoms. The fourth-order valence-corrected chi connectivity index (χ4v) is 2.15. The van der Waals surface area contributed by atoms with Crippen molar-refractivity contribution in [3.63, 3.8) is 0 Å². The maximum absolute atomic E-state index is 13.6. The predicted octanol–water partition coefficient (Wildman–Crippen LogP) is 4.11. The number of para-hydroxylation sites is 1. The molecule has 0 amide bonds. The zero-order chi connectivity index (χ0) is 13.4. The minimum Gasteiger partial charge on any atom is -0.343 e. The van der Waals surface area contributed by atoms with Gasteiger partial charge in [0.05, 0.1) is 6.54 Å². The van der Waals surface area contributed by atoms with E-state index in [0.29, 0.717) is 0 Å². The molecule has 0 aliphatic rings. The monoisotopic (exact) mass is 261 g/mol. The van der Waals surface area contributed by atoms with Crippen LogP contribution in [0.1, 0.15) is 5.56 Å². The standard InChI is InChI=1S/C15H10F3N/c16-12-6-5-11(14(17)15(12)18)9-19-8-7-10-3-1-2-4-13(10)19/h1-8H,9H2. The first kappa shape index (κ1) is 11.8. The highest BCUT2D eigenvalue weighted by atomic mass is 19.2. The summed E-state index contributed by atoms with van der Waals surface area (Å²) in [4.78, 5) is 0. The molecule has 3 aromatic rings. The summed E-state index contributed by atoms with van der Waals surface area (Å²) < 4.78 is 41.5. The topological polar surface area (TPSA) is 4.93 Å². The quantitative estimate of drug-likeness (QED) is 0.612. The van der Waals surface area contributed by atoms with Gasteiger partial charge in [-0.3, -0.25) is 0 Å². The molecule has 0 bridgehead atoms. The number of halogens is 3. The van der Waals surface area contributed by atoms with Crippen molar-refractivity contribution in [2.75, 3.05) is 0 Å².